The van der Waals surface area contributed by atoms with Crippen LogP contribution in [0.4, 0.5) is 5.69 Å². The minimum absolute atomic E-state index is 0.0590. The lowest BCUT2D eigenvalue weighted by atomic mass is 9.78. The Morgan fingerprint density at radius 3 is 2.42 bits per heavy atom. The number of amides is 1. The van der Waals surface area contributed by atoms with Crippen molar-refractivity contribution in [3.05, 3.63) is 64.7 Å². The van der Waals surface area contributed by atoms with Crippen molar-refractivity contribution in [2.24, 2.45) is 0 Å². The van der Waals surface area contributed by atoms with E-state index in [1.54, 1.807) is 10.8 Å². The number of benzene rings is 2. The lowest BCUT2D eigenvalue weighted by Gasteiger charge is -2.49. The third kappa shape index (κ3) is 2.72. The Hall–Kier alpha value is -1.30. The molecule has 0 aliphatic carbocycles. The average molecular weight is 400 g/mol. The van der Waals surface area contributed by atoms with Gasteiger partial charge in [0, 0.05) is 17.2 Å². The Balaban J connectivity index is 1.90. The Morgan fingerprint density at radius 1 is 1.08 bits per heavy atom. The minimum atomic E-state index is -0.328. The van der Waals surface area contributed by atoms with Crippen LogP contribution in [0.15, 0.2) is 42.5 Å². The summed E-state index contributed by atoms with van der Waals surface area (Å²) in [5.41, 5.74) is 4.90. The third-order valence-electron chi connectivity index (χ3n) is 5.33. The molecule has 0 saturated carbocycles. The first-order valence-electron chi connectivity index (χ1n) is 8.69. The largest absolute Gasteiger partial charge is 0.301 e. The van der Waals surface area contributed by atoms with Crippen molar-refractivity contribution >= 4 is 49.6 Å². The van der Waals surface area contributed by atoms with Gasteiger partial charge in [0.05, 0.1) is 15.0 Å². The summed E-state index contributed by atoms with van der Waals surface area (Å²) in [7, 11) is 3.50. The van der Waals surface area contributed by atoms with E-state index in [2.05, 4.69) is 39.0 Å². The number of rotatable bonds is 1. The molecule has 0 bridgehead atoms. The zero-order valence-corrected chi connectivity index (χ0v) is 17.7. The van der Waals surface area contributed by atoms with Gasteiger partial charge in [0.15, 0.2) is 0 Å². The molecule has 1 fully saturated rings. The smallest absolute Gasteiger partial charge is 0.258 e. The average Bonchev–Trinajstić information content (AvgIpc) is 2.98. The van der Waals surface area contributed by atoms with E-state index >= 15 is 0 Å². The highest BCUT2D eigenvalue weighted by Crippen LogP contribution is 2.59. The molecule has 1 saturated heterocycles. The van der Waals surface area contributed by atoms with Crippen LogP contribution in [0.25, 0.3) is 0 Å². The second-order valence-corrected chi connectivity index (χ2v) is 10.7. The molecule has 0 radical (unpaired) electrons. The number of anilines is 1. The van der Waals surface area contributed by atoms with Crippen molar-refractivity contribution < 1.29 is 4.79 Å². The number of thiocarbonyl (C=S) groups is 1. The van der Waals surface area contributed by atoms with Crippen molar-refractivity contribution in [3.63, 3.8) is 0 Å². The van der Waals surface area contributed by atoms with E-state index < -0.39 is 0 Å². The van der Waals surface area contributed by atoms with Crippen molar-refractivity contribution in [1.29, 1.82) is 0 Å². The van der Waals surface area contributed by atoms with Crippen LogP contribution < -0.4 is 4.90 Å². The van der Waals surface area contributed by atoms with Gasteiger partial charge in [-0.15, -0.1) is 0 Å². The molecule has 1 amide bonds. The Morgan fingerprint density at radius 2 is 1.73 bits per heavy atom. The summed E-state index contributed by atoms with van der Waals surface area (Å²) in [5, 5.41) is 0.254. The van der Waals surface area contributed by atoms with E-state index in [0.29, 0.717) is 0 Å². The molecule has 2 aromatic rings. The van der Waals surface area contributed by atoms with Gasteiger partial charge in [-0.05, 0) is 67.8 Å². The van der Waals surface area contributed by atoms with Crippen LogP contribution in [0.2, 0.25) is 0 Å². The normalized spacial score (nSPS) is 23.5. The Bertz CT molecular complexity index is 904. The van der Waals surface area contributed by atoms with Gasteiger partial charge in [-0.2, -0.15) is 0 Å². The van der Waals surface area contributed by atoms with E-state index in [1.165, 1.54) is 5.56 Å². The molecule has 0 unspecified atom stereocenters. The number of hydrogen-bond acceptors (Lipinski definition) is 4. The quantitative estimate of drug-likeness (QED) is 0.438. The van der Waals surface area contributed by atoms with Crippen LogP contribution in [-0.2, 0) is 0 Å². The maximum absolute atomic E-state index is 13.5. The fourth-order valence-corrected chi connectivity index (χ4v) is 7.93. The minimum Gasteiger partial charge on any atom is -0.301 e. The summed E-state index contributed by atoms with van der Waals surface area (Å²) < 4.78 is 1.03. The van der Waals surface area contributed by atoms with Gasteiger partial charge in [0.25, 0.3) is 5.91 Å². The molecule has 2 nitrogen and oxygen atoms in total. The van der Waals surface area contributed by atoms with Crippen molar-refractivity contribution in [2.75, 3.05) is 4.90 Å². The zero-order valence-electron chi connectivity index (χ0n) is 15.3. The van der Waals surface area contributed by atoms with Crippen molar-refractivity contribution in [2.45, 2.75) is 44.4 Å². The second-order valence-electron chi connectivity index (χ2n) is 7.62. The van der Waals surface area contributed by atoms with E-state index in [4.69, 9.17) is 12.2 Å². The van der Waals surface area contributed by atoms with E-state index in [0.717, 1.165) is 26.6 Å². The van der Waals surface area contributed by atoms with Gasteiger partial charge in [-0.3, -0.25) is 4.79 Å². The van der Waals surface area contributed by atoms with Crippen LogP contribution in [0.1, 0.15) is 46.8 Å². The Labute approximate surface area is 168 Å². The fourth-order valence-electron chi connectivity index (χ4n) is 3.89. The van der Waals surface area contributed by atoms with Crippen LogP contribution in [0.5, 0.6) is 0 Å². The molecule has 0 N–H and O–H groups in total. The molecule has 0 spiro atoms. The molecule has 2 aliphatic rings. The van der Waals surface area contributed by atoms with Gasteiger partial charge in [0.1, 0.15) is 0 Å². The van der Waals surface area contributed by atoms with Crippen LogP contribution in [-0.4, -0.2) is 20.9 Å². The Kier molecular flexibility index (Phi) is 4.45. The lowest BCUT2D eigenvalue weighted by molar-refractivity contribution is 0.0957. The van der Waals surface area contributed by atoms with Gasteiger partial charge in [-0.1, -0.05) is 52.8 Å². The fraction of sp³-hybridized carbons (Fsp3) is 0.333. The lowest BCUT2D eigenvalue weighted by Crippen LogP contribution is -2.58. The molecule has 5 heteroatoms. The number of nitrogens with zero attached hydrogens (tertiary/aromatic N) is 1. The van der Waals surface area contributed by atoms with Gasteiger partial charge >= 0.3 is 0 Å². The number of carbonyl (C=O) groups is 1. The van der Waals surface area contributed by atoms with Crippen LogP contribution in [0, 0.1) is 13.8 Å². The van der Waals surface area contributed by atoms with Crippen molar-refractivity contribution in [1.82, 2.24) is 0 Å². The van der Waals surface area contributed by atoms with Crippen LogP contribution >= 0.6 is 33.8 Å². The first-order valence-corrected chi connectivity index (χ1v) is 11.3. The topological polar surface area (TPSA) is 20.3 Å². The molecule has 2 aromatic carbocycles. The molecule has 2 aliphatic heterocycles. The predicted molar refractivity (Wildman–Crippen MR) is 118 cm³/mol. The third-order valence-corrected chi connectivity index (χ3v) is 9.17. The molecule has 134 valence electrons. The zero-order chi connectivity index (χ0) is 18.6. The summed E-state index contributed by atoms with van der Waals surface area (Å²) in [6, 6.07) is 14.3. The maximum atomic E-state index is 13.5. The first kappa shape index (κ1) is 18.1. The number of aryl methyl sites for hydroxylation is 2. The van der Waals surface area contributed by atoms with Gasteiger partial charge in [-0.25, -0.2) is 0 Å². The highest BCUT2D eigenvalue weighted by molar-refractivity contribution is 8.84. The molecule has 26 heavy (non-hydrogen) atoms. The molecule has 2 heterocycles. The summed E-state index contributed by atoms with van der Waals surface area (Å²) in [4.78, 5) is 15.6. The SMILES string of the molecule is Cc1ccc(C(=O)N2c3cc(C)ccc3[C@@H]3C(=S)SS[C@@H]3C2(C)C)cc1. The van der Waals surface area contributed by atoms with Crippen molar-refractivity contribution in [3.8, 4) is 0 Å². The monoisotopic (exact) mass is 399 g/mol. The highest BCUT2D eigenvalue weighted by Gasteiger charge is 2.53. The second kappa shape index (κ2) is 6.39. The summed E-state index contributed by atoms with van der Waals surface area (Å²) in [6.07, 6.45) is 0. The van der Waals surface area contributed by atoms with E-state index in [-0.39, 0.29) is 22.6 Å². The van der Waals surface area contributed by atoms with E-state index in [1.807, 2.05) is 46.9 Å². The molecule has 2 atom stereocenters. The number of carbonyl (C=O) groups excluding carboxylic acids is 1. The number of fused-ring (bicyclic) bond motifs is 3. The highest BCUT2D eigenvalue weighted by atomic mass is 33.1. The molecule has 4 rings (SSSR count). The summed E-state index contributed by atoms with van der Waals surface area (Å²) in [6.45, 7) is 8.45. The standard InChI is InChI=1S/C21H21NOS3/c1-12-5-8-14(9-6-12)19(23)22-16-11-13(2)7-10-15(16)17-18(21(22,3)4)25-26-20(17)24/h5-11,17-18H,1-4H3/t17-,18-/m0/s1. The number of hydrogen-bond donors (Lipinski definition) is 0. The summed E-state index contributed by atoms with van der Waals surface area (Å²) >= 11 is 5.68. The predicted octanol–water partition coefficient (Wildman–Crippen LogP) is 5.92. The maximum Gasteiger partial charge on any atom is 0.258 e. The van der Waals surface area contributed by atoms with Gasteiger partial charge in [0.2, 0.25) is 0 Å². The first-order chi connectivity index (χ1) is 12.3. The summed E-state index contributed by atoms with van der Waals surface area (Å²) in [5.74, 6) is 0.274. The van der Waals surface area contributed by atoms with E-state index in [9.17, 15) is 4.79 Å². The molecule has 0 aromatic heterocycles. The van der Waals surface area contributed by atoms with Crippen LogP contribution in [0.3, 0.4) is 0 Å². The molecular formula is C21H21NOS3. The van der Waals surface area contributed by atoms with Gasteiger partial charge < -0.3 is 4.90 Å². The molecular weight excluding hydrogens is 378 g/mol.